The first kappa shape index (κ1) is 19.2. The first-order valence-electron chi connectivity index (χ1n) is 8.67. The molecule has 1 amide bonds. The fourth-order valence-electron chi connectivity index (χ4n) is 2.77. The number of aromatic nitrogens is 2. The maximum atomic E-state index is 13.8. The first-order chi connectivity index (χ1) is 13.0. The molecule has 0 saturated carbocycles. The molecule has 0 radical (unpaired) electrons. The minimum atomic E-state index is -0.296. The van der Waals surface area contributed by atoms with E-state index >= 15 is 0 Å². The van der Waals surface area contributed by atoms with Crippen molar-refractivity contribution >= 4 is 17.7 Å². The Hall–Kier alpha value is -2.60. The van der Waals surface area contributed by atoms with Crippen molar-refractivity contribution in [3.8, 4) is 5.69 Å². The Morgan fingerprint density at radius 3 is 2.78 bits per heavy atom. The molecule has 0 spiro atoms. The van der Waals surface area contributed by atoms with Crippen molar-refractivity contribution in [2.45, 2.75) is 25.5 Å². The number of benzene rings is 2. The molecule has 0 aliphatic heterocycles. The number of nitrogens with zero attached hydrogens (tertiary/aromatic N) is 3. The van der Waals surface area contributed by atoms with Gasteiger partial charge in [0.25, 0.3) is 0 Å². The van der Waals surface area contributed by atoms with E-state index in [0.717, 1.165) is 16.4 Å². The summed E-state index contributed by atoms with van der Waals surface area (Å²) >= 11 is 1.38. The Labute approximate surface area is 163 Å². The van der Waals surface area contributed by atoms with Crippen LogP contribution in [-0.2, 0) is 11.3 Å². The van der Waals surface area contributed by atoms with E-state index in [0.29, 0.717) is 5.56 Å². The number of aryl methyl sites for hydroxylation is 2. The van der Waals surface area contributed by atoms with Gasteiger partial charge in [-0.15, -0.1) is 0 Å². The molecule has 3 rings (SSSR count). The topological polar surface area (TPSA) is 38.1 Å². The molecule has 0 unspecified atom stereocenters. The average molecular weight is 383 g/mol. The molecule has 3 aromatic rings. The molecule has 0 N–H and O–H groups in total. The Morgan fingerprint density at radius 2 is 2.00 bits per heavy atom. The van der Waals surface area contributed by atoms with Crippen LogP contribution in [0, 0.1) is 19.7 Å². The van der Waals surface area contributed by atoms with E-state index in [4.69, 9.17) is 0 Å². The van der Waals surface area contributed by atoms with Crippen LogP contribution in [0.3, 0.4) is 0 Å². The third-order valence-corrected chi connectivity index (χ3v) is 5.30. The van der Waals surface area contributed by atoms with Gasteiger partial charge in [-0.25, -0.2) is 9.37 Å². The van der Waals surface area contributed by atoms with Crippen LogP contribution in [0.2, 0.25) is 0 Å². The fourth-order valence-corrected chi connectivity index (χ4v) is 3.67. The van der Waals surface area contributed by atoms with Crippen molar-refractivity contribution in [3.05, 3.63) is 77.4 Å². The first-order valence-corrected chi connectivity index (χ1v) is 9.65. The highest BCUT2D eigenvalue weighted by Crippen LogP contribution is 2.24. The zero-order valence-electron chi connectivity index (χ0n) is 15.6. The van der Waals surface area contributed by atoms with E-state index in [1.807, 2.05) is 17.7 Å². The van der Waals surface area contributed by atoms with Crippen LogP contribution in [-0.4, -0.2) is 33.2 Å². The number of hydrogen-bond acceptors (Lipinski definition) is 3. The van der Waals surface area contributed by atoms with Crippen molar-refractivity contribution in [3.63, 3.8) is 0 Å². The van der Waals surface area contributed by atoms with Crippen LogP contribution in [0.4, 0.5) is 4.39 Å². The van der Waals surface area contributed by atoms with Crippen LogP contribution < -0.4 is 0 Å². The third-order valence-electron chi connectivity index (χ3n) is 4.35. The van der Waals surface area contributed by atoms with Gasteiger partial charge in [0.05, 0.1) is 11.4 Å². The Kier molecular flexibility index (Phi) is 5.96. The van der Waals surface area contributed by atoms with E-state index in [1.165, 1.54) is 28.3 Å². The number of carbonyl (C=O) groups excluding carboxylic acids is 1. The van der Waals surface area contributed by atoms with Crippen molar-refractivity contribution < 1.29 is 9.18 Å². The van der Waals surface area contributed by atoms with E-state index in [-0.39, 0.29) is 24.0 Å². The molecule has 27 heavy (non-hydrogen) atoms. The number of amides is 1. The summed E-state index contributed by atoms with van der Waals surface area (Å²) in [5.41, 5.74) is 3.88. The van der Waals surface area contributed by atoms with E-state index in [2.05, 4.69) is 30.1 Å². The second-order valence-corrected chi connectivity index (χ2v) is 7.44. The highest BCUT2D eigenvalue weighted by Gasteiger charge is 2.15. The minimum Gasteiger partial charge on any atom is -0.341 e. The number of imidazole rings is 1. The SMILES string of the molecule is Cc1ccc(C)c(-n2ccnc2SCC(=O)N(C)Cc2ccccc2F)c1. The molecule has 1 heterocycles. The molecule has 0 bridgehead atoms. The maximum Gasteiger partial charge on any atom is 0.233 e. The average Bonchev–Trinajstić information content (AvgIpc) is 3.12. The molecule has 0 saturated heterocycles. The summed E-state index contributed by atoms with van der Waals surface area (Å²) in [5.74, 6) is -0.124. The lowest BCUT2D eigenvalue weighted by atomic mass is 10.1. The van der Waals surface area contributed by atoms with Crippen LogP contribution in [0.1, 0.15) is 16.7 Å². The highest BCUT2D eigenvalue weighted by molar-refractivity contribution is 7.99. The lowest BCUT2D eigenvalue weighted by Gasteiger charge is -2.17. The normalized spacial score (nSPS) is 10.8. The number of carbonyl (C=O) groups is 1. The lowest BCUT2D eigenvalue weighted by Crippen LogP contribution is -2.28. The van der Waals surface area contributed by atoms with Crippen LogP contribution >= 0.6 is 11.8 Å². The summed E-state index contributed by atoms with van der Waals surface area (Å²) in [6.07, 6.45) is 3.63. The van der Waals surface area contributed by atoms with Gasteiger partial charge < -0.3 is 4.90 Å². The lowest BCUT2D eigenvalue weighted by molar-refractivity contribution is -0.127. The molecule has 0 atom stereocenters. The highest BCUT2D eigenvalue weighted by atomic mass is 32.2. The predicted octanol–water partition coefficient (Wildman–Crippen LogP) is 4.38. The van der Waals surface area contributed by atoms with E-state index < -0.39 is 0 Å². The Balaban J connectivity index is 1.67. The molecule has 0 aliphatic carbocycles. The van der Waals surface area contributed by atoms with Gasteiger partial charge in [-0.1, -0.05) is 42.1 Å². The third kappa shape index (κ3) is 4.57. The van der Waals surface area contributed by atoms with Crippen LogP contribution in [0.5, 0.6) is 0 Å². The number of halogens is 1. The fraction of sp³-hybridized carbons (Fsp3) is 0.238. The van der Waals surface area contributed by atoms with Crippen molar-refractivity contribution in [1.82, 2.24) is 14.5 Å². The quantitative estimate of drug-likeness (QED) is 0.593. The monoisotopic (exact) mass is 383 g/mol. The molecule has 0 fully saturated rings. The Bertz CT molecular complexity index is 954. The predicted molar refractivity (Wildman–Crippen MR) is 107 cm³/mol. The summed E-state index contributed by atoms with van der Waals surface area (Å²) < 4.78 is 15.8. The van der Waals surface area contributed by atoms with Gasteiger partial charge in [-0.05, 0) is 37.1 Å². The molecule has 6 heteroatoms. The summed E-state index contributed by atoms with van der Waals surface area (Å²) in [5, 5.41) is 0.761. The van der Waals surface area contributed by atoms with Crippen molar-refractivity contribution in [1.29, 1.82) is 0 Å². The summed E-state index contributed by atoms with van der Waals surface area (Å²) in [4.78, 5) is 18.4. The molecular formula is C21H22FN3OS. The molecule has 2 aromatic carbocycles. The molecule has 4 nitrogen and oxygen atoms in total. The summed E-state index contributed by atoms with van der Waals surface area (Å²) in [6, 6.07) is 12.8. The van der Waals surface area contributed by atoms with Gasteiger partial charge in [-0.3, -0.25) is 9.36 Å². The van der Waals surface area contributed by atoms with Crippen molar-refractivity contribution in [2.24, 2.45) is 0 Å². The van der Waals surface area contributed by atoms with Crippen LogP contribution in [0.25, 0.3) is 5.69 Å². The smallest absolute Gasteiger partial charge is 0.233 e. The zero-order chi connectivity index (χ0) is 19.4. The van der Waals surface area contributed by atoms with Gasteiger partial charge in [0.2, 0.25) is 5.91 Å². The number of rotatable bonds is 6. The van der Waals surface area contributed by atoms with Crippen molar-refractivity contribution in [2.75, 3.05) is 12.8 Å². The number of thioether (sulfide) groups is 1. The van der Waals surface area contributed by atoms with Gasteiger partial charge in [-0.2, -0.15) is 0 Å². The minimum absolute atomic E-state index is 0.0706. The molecule has 140 valence electrons. The van der Waals surface area contributed by atoms with E-state index in [1.54, 1.807) is 31.4 Å². The summed E-state index contributed by atoms with van der Waals surface area (Å²) in [7, 11) is 1.69. The summed E-state index contributed by atoms with van der Waals surface area (Å²) in [6.45, 7) is 4.35. The molecule has 0 aliphatic rings. The standard InChI is InChI=1S/C21H22FN3OS/c1-15-8-9-16(2)19(12-15)25-11-10-23-21(25)27-14-20(26)24(3)13-17-6-4-5-7-18(17)22/h4-12H,13-14H2,1-3H3. The van der Waals surface area contributed by atoms with Gasteiger partial charge in [0, 0.05) is 31.5 Å². The number of hydrogen-bond donors (Lipinski definition) is 0. The molecule has 1 aromatic heterocycles. The van der Waals surface area contributed by atoms with E-state index in [9.17, 15) is 9.18 Å². The zero-order valence-corrected chi connectivity index (χ0v) is 16.5. The van der Waals surface area contributed by atoms with Gasteiger partial charge in [0.1, 0.15) is 5.82 Å². The van der Waals surface area contributed by atoms with Gasteiger partial charge >= 0.3 is 0 Å². The maximum absolute atomic E-state index is 13.8. The second kappa shape index (κ2) is 8.39. The second-order valence-electron chi connectivity index (χ2n) is 6.50. The molecular weight excluding hydrogens is 361 g/mol. The largest absolute Gasteiger partial charge is 0.341 e. The van der Waals surface area contributed by atoms with Crippen LogP contribution in [0.15, 0.2) is 60.0 Å². The Morgan fingerprint density at radius 1 is 1.22 bits per heavy atom. The van der Waals surface area contributed by atoms with Gasteiger partial charge in [0.15, 0.2) is 5.16 Å².